The molecule has 3 rings (SSSR count). The molecule has 0 aliphatic heterocycles. The predicted molar refractivity (Wildman–Crippen MR) is 65.5 cm³/mol. The molecule has 0 radical (unpaired) electrons. The van der Waals surface area contributed by atoms with E-state index >= 15 is 0 Å². The van der Waals surface area contributed by atoms with Gasteiger partial charge in [-0.05, 0) is 13.0 Å². The fourth-order valence-electron chi connectivity index (χ4n) is 2.09. The van der Waals surface area contributed by atoms with Crippen LogP contribution in [0.25, 0.3) is 22.2 Å². The molecule has 2 N–H and O–H groups in total. The Morgan fingerprint density at radius 1 is 1.39 bits per heavy atom. The maximum absolute atomic E-state index is 10.8. The third kappa shape index (κ3) is 1.48. The molecular formula is C13H10N2O3. The number of carboxylic acid groups (broad SMARTS) is 1. The van der Waals surface area contributed by atoms with E-state index in [1.54, 1.807) is 0 Å². The minimum atomic E-state index is -1.09. The topological polar surface area (TPSA) is 79.1 Å². The number of rotatable bonds is 2. The second-order valence-corrected chi connectivity index (χ2v) is 4.05. The summed E-state index contributed by atoms with van der Waals surface area (Å²) in [6.07, 6.45) is 0. The van der Waals surface area contributed by atoms with Gasteiger partial charge in [-0.1, -0.05) is 23.4 Å². The first-order valence-corrected chi connectivity index (χ1v) is 5.44. The van der Waals surface area contributed by atoms with Gasteiger partial charge in [0.15, 0.2) is 11.5 Å². The SMILES string of the molecule is Cc1[nH]c2ccccc2c1-c1cc(C(=O)O)no1. The van der Waals surface area contributed by atoms with Gasteiger partial charge in [-0.15, -0.1) is 0 Å². The maximum atomic E-state index is 10.8. The summed E-state index contributed by atoms with van der Waals surface area (Å²) in [6, 6.07) is 9.21. The van der Waals surface area contributed by atoms with Gasteiger partial charge in [0.1, 0.15) is 0 Å². The summed E-state index contributed by atoms with van der Waals surface area (Å²) in [4.78, 5) is 14.0. The molecule has 0 unspecified atom stereocenters. The Morgan fingerprint density at radius 3 is 2.89 bits per heavy atom. The minimum absolute atomic E-state index is 0.0883. The number of nitrogens with one attached hydrogen (secondary N) is 1. The zero-order valence-corrected chi connectivity index (χ0v) is 9.60. The minimum Gasteiger partial charge on any atom is -0.476 e. The van der Waals surface area contributed by atoms with Crippen LogP contribution in [0.1, 0.15) is 16.2 Å². The van der Waals surface area contributed by atoms with Crippen molar-refractivity contribution in [1.82, 2.24) is 10.1 Å². The number of carboxylic acids is 1. The van der Waals surface area contributed by atoms with Crippen LogP contribution in [-0.4, -0.2) is 21.2 Å². The zero-order chi connectivity index (χ0) is 12.7. The molecule has 0 saturated heterocycles. The molecule has 0 bridgehead atoms. The molecule has 0 aliphatic rings. The highest BCUT2D eigenvalue weighted by atomic mass is 16.5. The van der Waals surface area contributed by atoms with Crippen molar-refractivity contribution in [3.05, 3.63) is 41.7 Å². The van der Waals surface area contributed by atoms with Crippen molar-refractivity contribution in [2.24, 2.45) is 0 Å². The summed E-state index contributed by atoms with van der Waals surface area (Å²) in [5.74, 6) is -0.634. The number of aromatic amines is 1. The largest absolute Gasteiger partial charge is 0.476 e. The van der Waals surface area contributed by atoms with Crippen molar-refractivity contribution >= 4 is 16.9 Å². The molecule has 1 aromatic carbocycles. The molecule has 0 atom stereocenters. The maximum Gasteiger partial charge on any atom is 0.358 e. The van der Waals surface area contributed by atoms with Crippen LogP contribution >= 0.6 is 0 Å². The standard InChI is InChI=1S/C13H10N2O3/c1-7-12(8-4-2-3-5-9(8)14-7)11-6-10(13(16)17)15-18-11/h2-6,14H,1H3,(H,16,17). The van der Waals surface area contributed by atoms with Gasteiger partial charge in [0, 0.05) is 28.2 Å². The molecule has 0 amide bonds. The van der Waals surface area contributed by atoms with Gasteiger partial charge in [-0.3, -0.25) is 0 Å². The lowest BCUT2D eigenvalue weighted by molar-refractivity contribution is 0.0686. The number of aromatic carboxylic acids is 1. The third-order valence-electron chi connectivity index (χ3n) is 2.87. The quantitative estimate of drug-likeness (QED) is 0.724. The summed E-state index contributed by atoms with van der Waals surface area (Å²) >= 11 is 0. The lowest BCUT2D eigenvalue weighted by Crippen LogP contribution is -1.94. The Kier molecular flexibility index (Phi) is 2.19. The number of carbonyl (C=O) groups is 1. The number of nitrogens with zero attached hydrogens (tertiary/aromatic N) is 1. The fraction of sp³-hybridized carbons (Fsp3) is 0.0769. The normalized spacial score (nSPS) is 10.9. The van der Waals surface area contributed by atoms with Crippen molar-refractivity contribution in [3.63, 3.8) is 0 Å². The highest BCUT2D eigenvalue weighted by molar-refractivity contribution is 5.97. The number of fused-ring (bicyclic) bond motifs is 1. The molecule has 18 heavy (non-hydrogen) atoms. The molecule has 0 aliphatic carbocycles. The van der Waals surface area contributed by atoms with Gasteiger partial charge in [0.2, 0.25) is 0 Å². The van der Waals surface area contributed by atoms with Gasteiger partial charge in [-0.25, -0.2) is 4.79 Å². The molecule has 5 heteroatoms. The molecule has 3 aromatic rings. The number of para-hydroxylation sites is 1. The van der Waals surface area contributed by atoms with Gasteiger partial charge in [-0.2, -0.15) is 0 Å². The molecule has 0 fully saturated rings. The van der Waals surface area contributed by atoms with E-state index in [1.807, 2.05) is 31.2 Å². The Bertz CT molecular complexity index is 740. The molecule has 2 aromatic heterocycles. The summed E-state index contributed by atoms with van der Waals surface area (Å²) in [5, 5.41) is 13.4. The first-order valence-electron chi connectivity index (χ1n) is 5.44. The van der Waals surface area contributed by atoms with E-state index in [4.69, 9.17) is 9.63 Å². The molecule has 90 valence electrons. The second-order valence-electron chi connectivity index (χ2n) is 4.05. The van der Waals surface area contributed by atoms with E-state index < -0.39 is 5.97 Å². The first-order chi connectivity index (χ1) is 8.66. The highest BCUT2D eigenvalue weighted by Crippen LogP contribution is 2.32. The lowest BCUT2D eigenvalue weighted by Gasteiger charge is -1.94. The van der Waals surface area contributed by atoms with E-state index in [9.17, 15) is 4.79 Å². The number of hydrogen-bond acceptors (Lipinski definition) is 3. The van der Waals surface area contributed by atoms with Crippen LogP contribution in [0.2, 0.25) is 0 Å². The van der Waals surface area contributed by atoms with Gasteiger partial charge in [0.05, 0.1) is 0 Å². The van der Waals surface area contributed by atoms with E-state index in [1.165, 1.54) is 6.07 Å². The fourth-order valence-corrected chi connectivity index (χ4v) is 2.09. The average Bonchev–Trinajstić information content (AvgIpc) is 2.91. The summed E-state index contributed by atoms with van der Waals surface area (Å²) in [6.45, 7) is 1.91. The number of H-pyrrole nitrogens is 1. The average molecular weight is 242 g/mol. The number of hydrogen-bond donors (Lipinski definition) is 2. The van der Waals surface area contributed by atoms with E-state index in [0.717, 1.165) is 22.2 Å². The third-order valence-corrected chi connectivity index (χ3v) is 2.87. The summed E-state index contributed by atoms with van der Waals surface area (Å²) in [5.41, 5.74) is 2.67. The van der Waals surface area contributed by atoms with Crippen molar-refractivity contribution in [2.75, 3.05) is 0 Å². The van der Waals surface area contributed by atoms with Crippen molar-refractivity contribution < 1.29 is 14.4 Å². The monoisotopic (exact) mass is 242 g/mol. The number of aryl methyl sites for hydroxylation is 1. The lowest BCUT2D eigenvalue weighted by atomic mass is 10.1. The number of aromatic nitrogens is 2. The highest BCUT2D eigenvalue weighted by Gasteiger charge is 2.17. The molecule has 5 nitrogen and oxygen atoms in total. The van der Waals surface area contributed by atoms with Crippen LogP contribution in [0.15, 0.2) is 34.9 Å². The first kappa shape index (κ1) is 10.6. The smallest absolute Gasteiger partial charge is 0.358 e. The zero-order valence-electron chi connectivity index (χ0n) is 9.60. The summed E-state index contributed by atoms with van der Waals surface area (Å²) < 4.78 is 5.11. The summed E-state index contributed by atoms with van der Waals surface area (Å²) in [7, 11) is 0. The predicted octanol–water partition coefficient (Wildman–Crippen LogP) is 2.83. The van der Waals surface area contributed by atoms with Gasteiger partial charge < -0.3 is 14.6 Å². The Labute approximate surface area is 102 Å². The van der Waals surface area contributed by atoms with Crippen molar-refractivity contribution in [3.8, 4) is 11.3 Å². The molecule has 2 heterocycles. The van der Waals surface area contributed by atoms with Crippen molar-refractivity contribution in [1.29, 1.82) is 0 Å². The number of benzene rings is 1. The van der Waals surface area contributed by atoms with Gasteiger partial charge >= 0.3 is 5.97 Å². The second kappa shape index (κ2) is 3.73. The van der Waals surface area contributed by atoms with Crippen molar-refractivity contribution in [2.45, 2.75) is 6.92 Å². The van der Waals surface area contributed by atoms with Crippen LogP contribution < -0.4 is 0 Å². The van der Waals surface area contributed by atoms with Crippen LogP contribution in [-0.2, 0) is 0 Å². The Morgan fingerprint density at radius 2 is 2.17 bits per heavy atom. The van der Waals surface area contributed by atoms with Crippen LogP contribution in [0.5, 0.6) is 0 Å². The van der Waals surface area contributed by atoms with Crippen LogP contribution in [0, 0.1) is 6.92 Å². The van der Waals surface area contributed by atoms with Gasteiger partial charge in [0.25, 0.3) is 0 Å². The molecule has 0 spiro atoms. The van der Waals surface area contributed by atoms with Crippen LogP contribution in [0.4, 0.5) is 0 Å². The Hall–Kier alpha value is -2.56. The van der Waals surface area contributed by atoms with E-state index in [0.29, 0.717) is 5.76 Å². The van der Waals surface area contributed by atoms with E-state index in [-0.39, 0.29) is 5.69 Å². The Balaban J connectivity index is 2.24. The van der Waals surface area contributed by atoms with E-state index in [2.05, 4.69) is 10.1 Å². The van der Waals surface area contributed by atoms with Crippen LogP contribution in [0.3, 0.4) is 0 Å². The molecular weight excluding hydrogens is 232 g/mol. The molecule has 0 saturated carbocycles.